The van der Waals surface area contributed by atoms with Crippen LogP contribution in [0, 0.1) is 11.8 Å². The van der Waals surface area contributed by atoms with Crippen LogP contribution in [0.15, 0.2) is 12.7 Å². The maximum absolute atomic E-state index is 14.0. The van der Waals surface area contributed by atoms with E-state index in [1.54, 1.807) is 15.9 Å². The van der Waals surface area contributed by atoms with E-state index in [-0.39, 0.29) is 34.5 Å². The fourth-order valence-corrected chi connectivity index (χ4v) is 9.28. The van der Waals surface area contributed by atoms with Crippen LogP contribution >= 0.6 is 27.7 Å². The van der Waals surface area contributed by atoms with Gasteiger partial charge in [-0.2, -0.15) is 0 Å². The topological polar surface area (TPSA) is 98.2 Å². The lowest BCUT2D eigenvalue weighted by atomic mass is 9.71. The van der Waals surface area contributed by atoms with Crippen LogP contribution in [0.5, 0.6) is 0 Å². The van der Waals surface area contributed by atoms with Crippen molar-refractivity contribution in [2.45, 2.75) is 72.9 Å². The molecule has 0 aliphatic carbocycles. The SMILES string of the molecule is C=CCN(C(=O)C1N(CCCCO)C(=O)[C@@H]2[C@@H](C(=O)O)[C@@H]3SC12CC3Br)C(C)CCC. The highest BCUT2D eigenvalue weighted by Gasteiger charge is 2.76. The van der Waals surface area contributed by atoms with Crippen LogP contribution in [0.4, 0.5) is 0 Å². The van der Waals surface area contributed by atoms with E-state index in [0.717, 1.165) is 12.8 Å². The molecule has 3 rings (SSSR count). The number of aliphatic hydroxyl groups excluding tert-OH is 1. The van der Waals surface area contributed by atoms with Crippen molar-refractivity contribution < 1.29 is 24.6 Å². The van der Waals surface area contributed by atoms with Gasteiger partial charge in [0.2, 0.25) is 11.8 Å². The Bertz CT molecular complexity index is 737. The van der Waals surface area contributed by atoms with E-state index in [0.29, 0.717) is 32.4 Å². The number of halogens is 1. The van der Waals surface area contributed by atoms with Crippen molar-refractivity contribution in [3.8, 4) is 0 Å². The number of hydrogen-bond acceptors (Lipinski definition) is 5. The number of likely N-dealkylation sites (tertiary alicyclic amines) is 1. The maximum Gasteiger partial charge on any atom is 0.308 e. The molecule has 2 N–H and O–H groups in total. The van der Waals surface area contributed by atoms with Gasteiger partial charge in [-0.1, -0.05) is 35.4 Å². The average Bonchev–Trinajstić information content (AvgIpc) is 3.30. The van der Waals surface area contributed by atoms with Crippen LogP contribution in [-0.2, 0) is 14.4 Å². The molecular weight excluding hydrogens is 484 g/mol. The number of carboxylic acid groups (broad SMARTS) is 1. The molecule has 0 aromatic heterocycles. The lowest BCUT2D eigenvalue weighted by Gasteiger charge is -2.39. The minimum absolute atomic E-state index is 0.000940. The molecule has 7 nitrogen and oxygen atoms in total. The largest absolute Gasteiger partial charge is 0.481 e. The third-order valence-corrected chi connectivity index (χ3v) is 10.2. The van der Waals surface area contributed by atoms with E-state index in [2.05, 4.69) is 29.4 Å². The van der Waals surface area contributed by atoms with Gasteiger partial charge in [-0.15, -0.1) is 18.3 Å². The number of fused-ring (bicyclic) bond motifs is 1. The summed E-state index contributed by atoms with van der Waals surface area (Å²) in [4.78, 5) is 43.1. The number of nitrogens with zero attached hydrogens (tertiary/aromatic N) is 2. The first-order valence-corrected chi connectivity index (χ1v) is 12.9. The third-order valence-electron chi connectivity index (χ3n) is 6.96. The number of aliphatic hydroxyl groups is 1. The Balaban J connectivity index is 2.03. The van der Waals surface area contributed by atoms with E-state index in [4.69, 9.17) is 0 Å². The Morgan fingerprint density at radius 1 is 1.45 bits per heavy atom. The van der Waals surface area contributed by atoms with Gasteiger partial charge in [-0.05, 0) is 32.6 Å². The first-order valence-electron chi connectivity index (χ1n) is 11.1. The highest BCUT2D eigenvalue weighted by Crippen LogP contribution is 2.67. The molecule has 9 heteroatoms. The van der Waals surface area contributed by atoms with Crippen LogP contribution < -0.4 is 0 Å². The fourth-order valence-electron chi connectivity index (χ4n) is 5.68. The molecule has 2 bridgehead atoms. The van der Waals surface area contributed by atoms with Crippen LogP contribution in [0.3, 0.4) is 0 Å². The van der Waals surface area contributed by atoms with Crippen molar-refractivity contribution >= 4 is 45.5 Å². The minimum atomic E-state index is -0.965. The van der Waals surface area contributed by atoms with Crippen molar-refractivity contribution in [2.75, 3.05) is 19.7 Å². The smallest absolute Gasteiger partial charge is 0.308 e. The van der Waals surface area contributed by atoms with Crippen molar-refractivity contribution in [1.82, 2.24) is 9.80 Å². The number of carbonyl (C=O) groups is 3. The molecule has 3 saturated heterocycles. The van der Waals surface area contributed by atoms with Gasteiger partial charge < -0.3 is 20.0 Å². The van der Waals surface area contributed by atoms with Crippen molar-refractivity contribution in [2.24, 2.45) is 11.8 Å². The number of carbonyl (C=O) groups excluding carboxylic acids is 2. The fraction of sp³-hybridized carbons (Fsp3) is 0.773. The predicted molar refractivity (Wildman–Crippen MR) is 124 cm³/mol. The Labute approximate surface area is 196 Å². The van der Waals surface area contributed by atoms with Gasteiger partial charge in [0.05, 0.1) is 16.6 Å². The van der Waals surface area contributed by atoms with Gasteiger partial charge >= 0.3 is 5.97 Å². The standard InChI is InChI=1S/C22H33BrN2O5S/c1-4-8-13(3)24(9-5-2)20(28)18-22-12-14(23)17(31-22)15(21(29)30)16(22)19(27)25(18)10-6-7-11-26/h5,13-18,26H,2,4,6-12H2,1,3H3,(H,29,30)/t13?,14?,15-,16+,17-,18?,22?/m1/s1. The molecule has 0 aromatic carbocycles. The van der Waals surface area contributed by atoms with E-state index in [1.807, 2.05) is 6.92 Å². The first kappa shape index (κ1) is 24.6. The molecule has 0 saturated carbocycles. The van der Waals surface area contributed by atoms with E-state index in [9.17, 15) is 24.6 Å². The molecular formula is C22H33BrN2O5S. The number of rotatable bonds is 11. The molecule has 2 amide bonds. The summed E-state index contributed by atoms with van der Waals surface area (Å²) in [7, 11) is 0. The number of hydrogen-bond donors (Lipinski definition) is 2. The number of carboxylic acids is 1. The Hall–Kier alpha value is -1.06. The van der Waals surface area contributed by atoms with Gasteiger partial charge in [0.15, 0.2) is 0 Å². The second-order valence-corrected chi connectivity index (χ2v) is 11.6. The van der Waals surface area contributed by atoms with E-state index >= 15 is 0 Å². The molecule has 174 valence electrons. The normalized spacial score (nSPS) is 34.6. The van der Waals surface area contributed by atoms with Gasteiger partial charge in [0.25, 0.3) is 0 Å². The maximum atomic E-state index is 14.0. The minimum Gasteiger partial charge on any atom is -0.481 e. The number of unbranched alkanes of at least 4 members (excludes halogenated alkanes) is 1. The van der Waals surface area contributed by atoms with Gasteiger partial charge in [-0.25, -0.2) is 0 Å². The number of amides is 2. The summed E-state index contributed by atoms with van der Waals surface area (Å²) >= 11 is 5.17. The summed E-state index contributed by atoms with van der Waals surface area (Å²) in [5, 5.41) is 18.9. The molecule has 0 aromatic rings. The zero-order chi connectivity index (χ0) is 22.9. The summed E-state index contributed by atoms with van der Waals surface area (Å²) in [5.41, 5.74) is 0. The van der Waals surface area contributed by atoms with Crippen LogP contribution in [0.2, 0.25) is 0 Å². The van der Waals surface area contributed by atoms with Gasteiger partial charge in [-0.3, -0.25) is 14.4 Å². The van der Waals surface area contributed by atoms with Crippen LogP contribution in [0.1, 0.15) is 46.0 Å². The predicted octanol–water partition coefficient (Wildman–Crippen LogP) is 2.51. The Morgan fingerprint density at radius 2 is 2.16 bits per heavy atom. The molecule has 1 spiro atoms. The van der Waals surface area contributed by atoms with Crippen LogP contribution in [0.25, 0.3) is 0 Å². The number of thioether (sulfide) groups is 1. The number of aliphatic carboxylic acids is 1. The summed E-state index contributed by atoms with van der Waals surface area (Å²) in [5.74, 6) is -2.79. The van der Waals surface area contributed by atoms with Crippen molar-refractivity contribution in [3.63, 3.8) is 0 Å². The lowest BCUT2D eigenvalue weighted by molar-refractivity contribution is -0.148. The average molecular weight is 517 g/mol. The third kappa shape index (κ3) is 4.06. The zero-order valence-corrected chi connectivity index (χ0v) is 20.6. The second kappa shape index (κ2) is 9.83. The molecule has 3 aliphatic rings. The Kier molecular flexibility index (Phi) is 7.79. The monoisotopic (exact) mass is 516 g/mol. The van der Waals surface area contributed by atoms with Gasteiger partial charge in [0, 0.05) is 35.8 Å². The highest BCUT2D eigenvalue weighted by atomic mass is 79.9. The molecule has 7 atom stereocenters. The van der Waals surface area contributed by atoms with Crippen LogP contribution in [-0.4, -0.2) is 84.4 Å². The quantitative estimate of drug-likeness (QED) is 0.248. The molecule has 0 radical (unpaired) electrons. The summed E-state index contributed by atoms with van der Waals surface area (Å²) in [6.45, 7) is 8.66. The van der Waals surface area contributed by atoms with Crippen molar-refractivity contribution in [3.05, 3.63) is 12.7 Å². The molecule has 3 aliphatic heterocycles. The lowest BCUT2D eigenvalue weighted by Crippen LogP contribution is -2.57. The highest BCUT2D eigenvalue weighted by molar-refractivity contribution is 9.09. The molecule has 3 heterocycles. The van der Waals surface area contributed by atoms with E-state index < -0.39 is 28.6 Å². The first-order chi connectivity index (χ1) is 14.7. The molecule has 4 unspecified atom stereocenters. The zero-order valence-electron chi connectivity index (χ0n) is 18.2. The van der Waals surface area contributed by atoms with Crippen molar-refractivity contribution in [1.29, 1.82) is 0 Å². The second-order valence-electron chi connectivity index (χ2n) is 8.88. The summed E-state index contributed by atoms with van der Waals surface area (Å²) < 4.78 is -0.735. The van der Waals surface area contributed by atoms with Gasteiger partial charge in [0.1, 0.15) is 6.04 Å². The number of alkyl halides is 1. The molecule has 3 fully saturated rings. The van der Waals surface area contributed by atoms with E-state index in [1.165, 1.54) is 11.8 Å². The summed E-state index contributed by atoms with van der Waals surface area (Å²) in [6.07, 6.45) is 5.18. The Morgan fingerprint density at radius 3 is 2.74 bits per heavy atom. The molecule has 31 heavy (non-hydrogen) atoms. The summed E-state index contributed by atoms with van der Waals surface area (Å²) in [6, 6.07) is -0.693.